The first kappa shape index (κ1) is 92.3. The number of carbonyl (C=O) groups is 7. The minimum atomic E-state index is -4.87. The van der Waals surface area contributed by atoms with Crippen LogP contribution in [0.4, 0.5) is 0 Å². The Balaban J connectivity index is 5.48. The number of Topliss-reactive ketones (excluding diaryl/α,β-unsaturated/α-hetero) is 2. The van der Waals surface area contributed by atoms with Crippen molar-refractivity contribution in [2.75, 3.05) is 65.9 Å². The van der Waals surface area contributed by atoms with Gasteiger partial charge in [-0.2, -0.15) is 0 Å². The second-order valence-corrected chi connectivity index (χ2v) is 26.9. The van der Waals surface area contributed by atoms with E-state index in [9.17, 15) is 57.6 Å². The molecule has 0 aromatic heterocycles. The van der Waals surface area contributed by atoms with E-state index in [4.69, 9.17) is 32.3 Å². The monoisotopic (exact) mass is 1420 g/mol. The Labute approximate surface area is 586 Å². The van der Waals surface area contributed by atoms with Gasteiger partial charge in [0.05, 0.1) is 77.3 Å². The third-order valence-electron chi connectivity index (χ3n) is 14.8. The van der Waals surface area contributed by atoms with Crippen LogP contribution in [0, 0.1) is 59.2 Å². The van der Waals surface area contributed by atoms with Gasteiger partial charge in [-0.05, 0) is 118 Å². The minimum Gasteiger partial charge on any atom is -0.462 e. The lowest BCUT2D eigenvalue weighted by atomic mass is 10.0. The fourth-order valence-corrected chi connectivity index (χ4v) is 11.0. The number of aliphatic hydroxyl groups excluding tert-OH is 1. The fraction of sp³-hybridized carbons (Fsp3) is 0.740. The summed E-state index contributed by atoms with van der Waals surface area (Å²) in [5.41, 5.74) is 0. The van der Waals surface area contributed by atoms with E-state index in [1.54, 1.807) is 6.92 Å². The third kappa shape index (κ3) is 62.6. The normalized spacial score (nSPS) is 13.3. The number of allylic oxidation sites excluding steroid dienone is 2. The summed E-state index contributed by atoms with van der Waals surface area (Å²) in [7, 11) is -9.66. The molecule has 23 nitrogen and oxygen atoms in total. The average molecular weight is 1420 g/mol. The van der Waals surface area contributed by atoms with Gasteiger partial charge in [0.1, 0.15) is 18.3 Å². The van der Waals surface area contributed by atoms with Crippen LogP contribution >= 0.6 is 15.6 Å². The topological polar surface area (TPSA) is 327 Å². The molecule has 0 rings (SSSR count). The zero-order valence-electron chi connectivity index (χ0n) is 59.6. The van der Waals surface area contributed by atoms with Crippen molar-refractivity contribution in [2.45, 2.75) is 284 Å². The molecule has 6 atom stereocenters. The minimum absolute atomic E-state index is 0.0711. The average Bonchev–Trinajstić information content (AvgIpc) is 1.00. The Morgan fingerprint density at radius 2 is 0.878 bits per heavy atom. The highest BCUT2D eigenvalue weighted by molar-refractivity contribution is 7.47. The molecule has 7 N–H and O–H groups in total. The number of ether oxygens (including phenoxy) is 3. The van der Waals surface area contributed by atoms with Crippen molar-refractivity contribution in [1.29, 1.82) is 0 Å². The van der Waals surface area contributed by atoms with Gasteiger partial charge >= 0.3 is 21.6 Å². The van der Waals surface area contributed by atoms with E-state index >= 15 is 0 Å². The standard InChI is InChI=1S/C73H118N4O19P2/c1-6-11-16-21-24-27-30-35-39-44-66(79)56-71(83)76-63(59-90-52-48-65(78)43-38-33-19-14-9-4)61-94-97(86,87)92-54-50-74-69(81)58-70(82)75-51-55-93-98(88,89)95-62-64(77-72(84)57-67(80)45-40-36-31-28-25-22-17-12-7-2)60-91-53-49-68(46-41-34-20-15-10-5)96-73(85)47-42-37-32-29-26-23-18-13-8-3/h29,32,63-65,68,78H,6,8-11,13-16,18-21,23-24,26-27,30,33-35,37-39,41-44,46-62H2,1-5H3,(H,74,81)(H,75,82)(H,76,83)(H,77,84)(H,86,87)(H,88,89)/b32-29-/t63?,64?,65-,68-/m1/s1. The van der Waals surface area contributed by atoms with Gasteiger partial charge in [-0.1, -0.05) is 174 Å². The Morgan fingerprint density at radius 1 is 0.439 bits per heavy atom. The lowest BCUT2D eigenvalue weighted by Gasteiger charge is -2.22. The quantitative estimate of drug-likeness (QED) is 0.00566. The maximum absolute atomic E-state index is 13.0. The second kappa shape index (κ2) is 64.7. The first-order valence-corrected chi connectivity index (χ1v) is 38.8. The smallest absolute Gasteiger partial charge is 0.462 e. The number of unbranched alkanes of at least 4 members (excludes halogenated alkanes) is 21. The van der Waals surface area contributed by atoms with E-state index in [0.29, 0.717) is 38.5 Å². The lowest BCUT2D eigenvalue weighted by Crippen LogP contribution is -2.42. The molecule has 98 heavy (non-hydrogen) atoms. The van der Waals surface area contributed by atoms with Crippen LogP contribution in [0.15, 0.2) is 12.2 Å². The molecule has 0 fully saturated rings. The SMILES string of the molecule is CC#CC#CC#CC#CC#CC(=O)CC(=O)NC(COCC[C@@H](CCCCCCC)OC(=O)CCC/C=C\CCCCCC)COP(=O)(O)OCCNC(=O)CC(=O)NCCOP(=O)(O)OCC(COCC[C@H](O)CCCCCCC)NC(=O)CC(=O)CCCCCCCCCCC. The summed E-state index contributed by atoms with van der Waals surface area (Å²) in [4.78, 5) is 110. The maximum Gasteiger partial charge on any atom is 0.472 e. The first-order chi connectivity index (χ1) is 47.3. The molecule has 0 aliphatic carbocycles. The molecule has 4 unspecified atom stereocenters. The number of amides is 4. The highest BCUT2D eigenvalue weighted by atomic mass is 31.2. The molecule has 0 saturated carbocycles. The van der Waals surface area contributed by atoms with Crippen molar-refractivity contribution in [3.63, 3.8) is 0 Å². The molecule has 4 amide bonds. The third-order valence-corrected chi connectivity index (χ3v) is 16.8. The number of carbonyl (C=O) groups excluding carboxylic acids is 7. The van der Waals surface area contributed by atoms with E-state index in [0.717, 1.165) is 109 Å². The van der Waals surface area contributed by atoms with E-state index in [-0.39, 0.29) is 70.5 Å². The number of phosphoric acid groups is 2. The van der Waals surface area contributed by atoms with E-state index in [1.165, 1.54) is 44.9 Å². The molecule has 0 spiro atoms. The summed E-state index contributed by atoms with van der Waals surface area (Å²) in [6, 6.07) is -2.08. The summed E-state index contributed by atoms with van der Waals surface area (Å²) in [5, 5.41) is 20.3. The van der Waals surface area contributed by atoms with Crippen molar-refractivity contribution in [3.05, 3.63) is 12.2 Å². The lowest BCUT2D eigenvalue weighted by molar-refractivity contribution is -0.150. The number of aliphatic hydroxyl groups is 1. The molecule has 0 aromatic rings. The van der Waals surface area contributed by atoms with Gasteiger partial charge in [-0.3, -0.25) is 51.7 Å². The van der Waals surface area contributed by atoms with Crippen LogP contribution in [-0.4, -0.2) is 146 Å². The predicted octanol–water partition coefficient (Wildman–Crippen LogP) is 11.2. The highest BCUT2D eigenvalue weighted by Crippen LogP contribution is 2.43. The predicted molar refractivity (Wildman–Crippen MR) is 379 cm³/mol. The van der Waals surface area contributed by atoms with Crippen molar-refractivity contribution in [1.82, 2.24) is 21.3 Å². The summed E-state index contributed by atoms with van der Waals surface area (Å²) in [6.07, 6.45) is 31.0. The van der Waals surface area contributed by atoms with Gasteiger partial charge < -0.3 is 50.4 Å². The second-order valence-electron chi connectivity index (χ2n) is 24.0. The largest absolute Gasteiger partial charge is 0.472 e. The summed E-state index contributed by atoms with van der Waals surface area (Å²) in [5.74, 6) is 19.9. The zero-order chi connectivity index (χ0) is 72.4. The molecule has 0 saturated heterocycles. The highest BCUT2D eigenvalue weighted by Gasteiger charge is 2.27. The molecule has 554 valence electrons. The first-order valence-electron chi connectivity index (χ1n) is 35.8. The van der Waals surface area contributed by atoms with Gasteiger partial charge in [0, 0.05) is 39.0 Å². The molecule has 0 aromatic carbocycles. The van der Waals surface area contributed by atoms with Crippen LogP contribution in [0.3, 0.4) is 0 Å². The molecular weight excluding hydrogens is 1300 g/mol. The summed E-state index contributed by atoms with van der Waals surface area (Å²) >= 11 is 0. The number of esters is 1. The van der Waals surface area contributed by atoms with Crippen molar-refractivity contribution in [2.24, 2.45) is 0 Å². The Kier molecular flexibility index (Phi) is 60.9. The molecule has 0 radical (unpaired) electrons. The number of ketones is 2. The van der Waals surface area contributed by atoms with Gasteiger partial charge in [0.25, 0.3) is 0 Å². The molecule has 25 heteroatoms. The molecule has 0 aliphatic rings. The maximum atomic E-state index is 13.0. The Morgan fingerprint density at radius 3 is 1.40 bits per heavy atom. The van der Waals surface area contributed by atoms with Crippen LogP contribution in [-0.2, 0) is 75.0 Å². The Bertz CT molecular complexity index is 2690. The van der Waals surface area contributed by atoms with E-state index in [2.05, 4.69) is 120 Å². The van der Waals surface area contributed by atoms with E-state index in [1.807, 2.05) is 0 Å². The van der Waals surface area contributed by atoms with Gasteiger partial charge in [-0.15, -0.1) is 0 Å². The van der Waals surface area contributed by atoms with Crippen molar-refractivity contribution >= 4 is 56.8 Å². The number of nitrogens with one attached hydrogen (secondary N) is 4. The van der Waals surface area contributed by atoms with Crippen LogP contribution in [0.1, 0.15) is 259 Å². The van der Waals surface area contributed by atoms with Gasteiger partial charge in [0.2, 0.25) is 29.4 Å². The van der Waals surface area contributed by atoms with Gasteiger partial charge in [0.15, 0.2) is 0 Å². The van der Waals surface area contributed by atoms with E-state index < -0.39 is 109 Å². The molecular formula is C73H118N4O19P2. The summed E-state index contributed by atoms with van der Waals surface area (Å²) in [6.45, 7) is 7.03. The number of hydrogen-bond donors (Lipinski definition) is 7. The van der Waals surface area contributed by atoms with Crippen molar-refractivity contribution in [3.8, 4) is 59.2 Å². The summed E-state index contributed by atoms with van der Waals surface area (Å²) < 4.78 is 63.8. The van der Waals surface area contributed by atoms with Crippen LogP contribution < -0.4 is 21.3 Å². The number of hydrogen-bond acceptors (Lipinski definition) is 17. The van der Waals surface area contributed by atoms with Crippen LogP contribution in [0.2, 0.25) is 0 Å². The van der Waals surface area contributed by atoms with Crippen LogP contribution in [0.5, 0.6) is 0 Å². The molecule has 0 aliphatic heterocycles. The van der Waals surface area contributed by atoms with Crippen LogP contribution in [0.25, 0.3) is 0 Å². The van der Waals surface area contributed by atoms with Crippen molar-refractivity contribution < 1.29 is 89.9 Å². The molecule has 0 heterocycles. The fourth-order valence-electron chi connectivity index (χ4n) is 9.46. The zero-order valence-corrected chi connectivity index (χ0v) is 61.3. The number of phosphoric ester groups is 2. The number of rotatable bonds is 64. The Hall–Kier alpha value is -5.67. The molecule has 0 bridgehead atoms. The van der Waals surface area contributed by atoms with Gasteiger partial charge in [-0.25, -0.2) is 9.13 Å².